The van der Waals surface area contributed by atoms with Crippen LogP contribution in [0.25, 0.3) is 0 Å². The van der Waals surface area contributed by atoms with E-state index >= 15 is 0 Å². The van der Waals surface area contributed by atoms with E-state index in [1.165, 1.54) is 69.6 Å². The molecule has 0 heterocycles. The van der Waals surface area contributed by atoms with E-state index in [0.29, 0.717) is 0 Å². The van der Waals surface area contributed by atoms with Crippen molar-refractivity contribution in [3.63, 3.8) is 0 Å². The Morgan fingerprint density at radius 2 is 1.11 bits per heavy atom. The zero-order chi connectivity index (χ0) is 13.6. The minimum atomic E-state index is 0.0880. The first-order valence-corrected chi connectivity index (χ1v) is 7.18. The second kappa shape index (κ2) is 12.3. The van der Waals surface area contributed by atoms with Gasteiger partial charge in [-0.3, -0.25) is 0 Å². The van der Waals surface area contributed by atoms with E-state index in [4.69, 9.17) is 10.2 Å². The van der Waals surface area contributed by atoms with E-state index in [-0.39, 0.29) is 11.5 Å². The fourth-order valence-corrected chi connectivity index (χ4v) is 1.70. The van der Waals surface area contributed by atoms with Gasteiger partial charge in [-0.25, -0.2) is 0 Å². The molecule has 0 saturated heterocycles. The molecule has 2 N–H and O–H groups in total. The molecular weight excluding hydrogens is 224 g/mol. The molecule has 2 heteroatoms. The monoisotopic (exact) mass is 252 g/mol. The van der Waals surface area contributed by atoms with E-state index in [1.807, 2.05) is 0 Å². The summed E-state index contributed by atoms with van der Waals surface area (Å²) in [6.07, 6.45) is 11.5. The smallest absolute Gasteiger partial charge is 0.119 e. The van der Waals surface area contributed by atoms with Crippen molar-refractivity contribution in [2.24, 2.45) is 0 Å². The van der Waals surface area contributed by atoms with Crippen molar-refractivity contribution in [2.75, 3.05) is 0 Å². The first-order chi connectivity index (χ1) is 8.70. The predicted molar refractivity (Wildman–Crippen MR) is 78.1 cm³/mol. The van der Waals surface area contributed by atoms with Crippen molar-refractivity contribution in [3.8, 4) is 11.5 Å². The fraction of sp³-hybridized carbons (Fsp3) is 0.625. The number of phenols is 2. The highest BCUT2D eigenvalue weighted by Crippen LogP contribution is 2.14. The van der Waals surface area contributed by atoms with Gasteiger partial charge < -0.3 is 10.2 Å². The SMILES string of the molecule is CCCCCCCCCC.Oc1cccc(O)c1. The maximum absolute atomic E-state index is 8.65. The molecule has 0 fully saturated rings. The highest BCUT2D eigenvalue weighted by molar-refractivity contribution is 5.30. The van der Waals surface area contributed by atoms with Gasteiger partial charge in [-0.2, -0.15) is 0 Å². The Balaban J connectivity index is 0.000000327. The molecule has 18 heavy (non-hydrogen) atoms. The molecule has 2 nitrogen and oxygen atoms in total. The van der Waals surface area contributed by atoms with Crippen LogP contribution in [0.3, 0.4) is 0 Å². The summed E-state index contributed by atoms with van der Waals surface area (Å²) in [4.78, 5) is 0. The van der Waals surface area contributed by atoms with Crippen LogP contribution in [0, 0.1) is 0 Å². The van der Waals surface area contributed by atoms with Crippen LogP contribution in [0.15, 0.2) is 24.3 Å². The van der Waals surface area contributed by atoms with Crippen LogP contribution >= 0.6 is 0 Å². The third-order valence-corrected chi connectivity index (χ3v) is 2.79. The van der Waals surface area contributed by atoms with Crippen molar-refractivity contribution in [2.45, 2.75) is 65.2 Å². The van der Waals surface area contributed by atoms with Crippen LogP contribution in [0.5, 0.6) is 11.5 Å². The van der Waals surface area contributed by atoms with Gasteiger partial charge in [0.25, 0.3) is 0 Å². The van der Waals surface area contributed by atoms with Gasteiger partial charge in [-0.1, -0.05) is 71.3 Å². The molecule has 1 rings (SSSR count). The summed E-state index contributed by atoms with van der Waals surface area (Å²) in [6, 6.07) is 5.85. The normalized spacial score (nSPS) is 9.67. The average Bonchev–Trinajstić information content (AvgIpc) is 2.34. The maximum atomic E-state index is 8.65. The van der Waals surface area contributed by atoms with Crippen LogP contribution in [0.2, 0.25) is 0 Å². The van der Waals surface area contributed by atoms with Crippen LogP contribution in [0.4, 0.5) is 0 Å². The van der Waals surface area contributed by atoms with Gasteiger partial charge in [-0.15, -0.1) is 0 Å². The van der Waals surface area contributed by atoms with E-state index in [9.17, 15) is 0 Å². The van der Waals surface area contributed by atoms with Crippen LogP contribution < -0.4 is 0 Å². The average molecular weight is 252 g/mol. The lowest BCUT2D eigenvalue weighted by atomic mass is 10.1. The summed E-state index contributed by atoms with van der Waals surface area (Å²) in [7, 11) is 0. The largest absolute Gasteiger partial charge is 0.508 e. The van der Waals surface area contributed by atoms with Crippen molar-refractivity contribution in [1.29, 1.82) is 0 Å². The molecule has 0 unspecified atom stereocenters. The molecule has 0 aliphatic carbocycles. The molecule has 1 aromatic carbocycles. The zero-order valence-electron chi connectivity index (χ0n) is 11.9. The Bertz CT molecular complexity index is 259. The molecule has 0 aromatic heterocycles. The zero-order valence-corrected chi connectivity index (χ0v) is 11.9. The second-order valence-electron chi connectivity index (χ2n) is 4.64. The van der Waals surface area contributed by atoms with Crippen molar-refractivity contribution in [1.82, 2.24) is 0 Å². The quantitative estimate of drug-likeness (QED) is 0.651. The summed E-state index contributed by atoms with van der Waals surface area (Å²) in [5.41, 5.74) is 0. The fourth-order valence-electron chi connectivity index (χ4n) is 1.70. The van der Waals surface area contributed by atoms with E-state index < -0.39 is 0 Å². The Morgan fingerprint density at radius 1 is 0.722 bits per heavy atom. The molecular formula is C16H28O2. The number of benzene rings is 1. The predicted octanol–water partition coefficient (Wildman–Crippen LogP) is 5.24. The Morgan fingerprint density at radius 3 is 1.39 bits per heavy atom. The third-order valence-electron chi connectivity index (χ3n) is 2.79. The Kier molecular flexibility index (Phi) is 11.5. The van der Waals surface area contributed by atoms with Crippen LogP contribution in [0.1, 0.15) is 65.2 Å². The van der Waals surface area contributed by atoms with Gasteiger partial charge in [0.1, 0.15) is 11.5 Å². The third kappa shape index (κ3) is 11.3. The second-order valence-corrected chi connectivity index (χ2v) is 4.64. The lowest BCUT2D eigenvalue weighted by Gasteiger charge is -1.97. The molecule has 104 valence electrons. The molecule has 0 radical (unpaired) electrons. The number of phenolic OH excluding ortho intramolecular Hbond substituents is 2. The molecule has 1 aromatic rings. The summed E-state index contributed by atoms with van der Waals surface area (Å²) in [5.74, 6) is 0.176. The minimum Gasteiger partial charge on any atom is -0.508 e. The molecule has 0 aliphatic heterocycles. The Labute approximate surface area is 112 Å². The molecule has 0 amide bonds. The first-order valence-electron chi connectivity index (χ1n) is 7.18. The van der Waals surface area contributed by atoms with Gasteiger partial charge in [0.15, 0.2) is 0 Å². The van der Waals surface area contributed by atoms with Gasteiger partial charge in [-0.05, 0) is 12.1 Å². The number of hydrogen-bond donors (Lipinski definition) is 2. The van der Waals surface area contributed by atoms with Crippen molar-refractivity contribution in [3.05, 3.63) is 24.3 Å². The topological polar surface area (TPSA) is 40.5 Å². The van der Waals surface area contributed by atoms with E-state index in [1.54, 1.807) is 6.07 Å². The highest BCUT2D eigenvalue weighted by atomic mass is 16.3. The Hall–Kier alpha value is -1.18. The molecule has 0 saturated carbocycles. The number of unbranched alkanes of at least 4 members (excludes halogenated alkanes) is 7. The van der Waals surface area contributed by atoms with Crippen LogP contribution in [-0.2, 0) is 0 Å². The van der Waals surface area contributed by atoms with Gasteiger partial charge >= 0.3 is 0 Å². The highest BCUT2D eigenvalue weighted by Gasteiger charge is 1.87. The minimum absolute atomic E-state index is 0.0880. The summed E-state index contributed by atoms with van der Waals surface area (Å²) < 4.78 is 0. The molecule has 0 atom stereocenters. The number of rotatable bonds is 7. The number of aromatic hydroxyl groups is 2. The van der Waals surface area contributed by atoms with E-state index in [2.05, 4.69) is 13.8 Å². The van der Waals surface area contributed by atoms with Gasteiger partial charge in [0.05, 0.1) is 0 Å². The maximum Gasteiger partial charge on any atom is 0.119 e. The first kappa shape index (κ1) is 16.8. The molecule has 0 bridgehead atoms. The lowest BCUT2D eigenvalue weighted by Crippen LogP contribution is -1.77. The molecule has 0 spiro atoms. The van der Waals surface area contributed by atoms with E-state index in [0.717, 1.165) is 0 Å². The van der Waals surface area contributed by atoms with Gasteiger partial charge in [0, 0.05) is 6.07 Å². The lowest BCUT2D eigenvalue weighted by molar-refractivity contribution is 0.450. The summed E-state index contributed by atoms with van der Waals surface area (Å²) in [5, 5.41) is 17.3. The van der Waals surface area contributed by atoms with Crippen molar-refractivity contribution >= 4 is 0 Å². The summed E-state index contributed by atoms with van der Waals surface area (Å²) in [6.45, 7) is 4.54. The standard InChI is InChI=1S/C10H22.C6H6O2/c1-3-5-7-9-10-8-6-4-2;7-5-2-1-3-6(8)4-5/h3-10H2,1-2H3;1-4,7-8H. The number of hydrogen-bond acceptors (Lipinski definition) is 2. The summed E-state index contributed by atoms with van der Waals surface area (Å²) >= 11 is 0. The van der Waals surface area contributed by atoms with Crippen molar-refractivity contribution < 1.29 is 10.2 Å². The van der Waals surface area contributed by atoms with Gasteiger partial charge in [0.2, 0.25) is 0 Å². The molecule has 0 aliphatic rings. The van der Waals surface area contributed by atoms with Crippen LogP contribution in [-0.4, -0.2) is 10.2 Å².